The zero-order valence-corrected chi connectivity index (χ0v) is 11.8. The fraction of sp³-hybridized carbons (Fsp3) is 0.111. The number of hydrogen-bond donors (Lipinski definition) is 0. The lowest BCUT2D eigenvalue weighted by Crippen LogP contribution is -2.05. The van der Waals surface area contributed by atoms with E-state index in [1.54, 1.807) is 12.1 Å². The Kier molecular flexibility index (Phi) is 4.10. The van der Waals surface area contributed by atoms with Crippen LogP contribution in [0.5, 0.6) is 0 Å². The van der Waals surface area contributed by atoms with Crippen LogP contribution in [0.15, 0.2) is 65.3 Å². The van der Waals surface area contributed by atoms with Crippen LogP contribution in [0.3, 0.4) is 0 Å². The van der Waals surface area contributed by atoms with Crippen LogP contribution in [0.2, 0.25) is 0 Å². The molecule has 0 saturated heterocycles. The summed E-state index contributed by atoms with van der Waals surface area (Å²) < 4.78 is 18.3. The van der Waals surface area contributed by atoms with Crippen LogP contribution in [-0.2, 0) is 16.0 Å². The Morgan fingerprint density at radius 1 is 1.05 bits per heavy atom. The van der Waals surface area contributed by atoms with Crippen molar-refractivity contribution in [2.24, 2.45) is 4.99 Å². The number of aryl methyl sites for hydroxylation is 1. The summed E-state index contributed by atoms with van der Waals surface area (Å²) in [6, 6.07) is 15.9. The second-order valence-corrected chi connectivity index (χ2v) is 4.97. The summed E-state index contributed by atoms with van der Waals surface area (Å²) in [5, 5.41) is 0. The van der Waals surface area contributed by atoms with Crippen LogP contribution in [0.1, 0.15) is 17.5 Å². The van der Waals surface area contributed by atoms with E-state index in [1.807, 2.05) is 30.3 Å². The van der Waals surface area contributed by atoms with E-state index in [0.29, 0.717) is 17.9 Å². The first-order valence-electron chi connectivity index (χ1n) is 7.02. The quantitative estimate of drug-likeness (QED) is 0.636. The predicted octanol–water partition coefficient (Wildman–Crippen LogP) is 3.75. The average Bonchev–Trinajstić information content (AvgIpc) is 2.86. The third kappa shape index (κ3) is 3.47. The number of esters is 1. The minimum absolute atomic E-state index is 0.202. The van der Waals surface area contributed by atoms with Crippen LogP contribution < -0.4 is 0 Å². The highest BCUT2D eigenvalue weighted by Gasteiger charge is 2.22. The van der Waals surface area contributed by atoms with E-state index in [1.165, 1.54) is 18.2 Å². The van der Waals surface area contributed by atoms with Gasteiger partial charge in [0.2, 0.25) is 0 Å². The molecule has 22 heavy (non-hydrogen) atoms. The Morgan fingerprint density at radius 2 is 1.86 bits per heavy atom. The second-order valence-electron chi connectivity index (χ2n) is 4.97. The maximum absolute atomic E-state index is 13.1. The van der Waals surface area contributed by atoms with E-state index in [2.05, 4.69) is 4.99 Å². The first-order chi connectivity index (χ1) is 10.7. The molecule has 4 heteroatoms. The summed E-state index contributed by atoms with van der Waals surface area (Å²) in [6.45, 7) is 0. The summed E-state index contributed by atoms with van der Waals surface area (Å²) in [7, 11) is 0. The molecule has 110 valence electrons. The van der Waals surface area contributed by atoms with Crippen LogP contribution in [0, 0.1) is 5.82 Å². The molecule has 0 spiro atoms. The van der Waals surface area contributed by atoms with Crippen LogP contribution in [0.4, 0.5) is 4.39 Å². The molecule has 1 aliphatic heterocycles. The topological polar surface area (TPSA) is 38.7 Å². The molecule has 0 bridgehead atoms. The maximum Gasteiger partial charge on any atom is 0.363 e. The molecule has 0 aromatic heterocycles. The molecule has 2 aromatic rings. The highest BCUT2D eigenvalue weighted by molar-refractivity contribution is 6.07. The van der Waals surface area contributed by atoms with E-state index in [-0.39, 0.29) is 11.5 Å². The lowest BCUT2D eigenvalue weighted by molar-refractivity contribution is -0.130. The average molecular weight is 295 g/mol. The van der Waals surface area contributed by atoms with Crippen LogP contribution in [-0.4, -0.2) is 11.9 Å². The molecule has 0 amide bonds. The van der Waals surface area contributed by atoms with E-state index in [4.69, 9.17) is 4.74 Å². The highest BCUT2D eigenvalue weighted by atomic mass is 19.1. The van der Waals surface area contributed by atoms with Crippen molar-refractivity contribution in [3.05, 3.63) is 77.2 Å². The van der Waals surface area contributed by atoms with Crippen molar-refractivity contribution in [2.45, 2.75) is 12.8 Å². The number of rotatable bonds is 4. The number of halogens is 1. The summed E-state index contributed by atoms with van der Waals surface area (Å²) in [5.74, 6) is -0.446. The highest BCUT2D eigenvalue weighted by Crippen LogP contribution is 2.18. The summed E-state index contributed by atoms with van der Waals surface area (Å²) in [4.78, 5) is 16.0. The fourth-order valence-electron chi connectivity index (χ4n) is 2.21. The number of aliphatic imine (C=N–C) groups is 1. The Balaban J connectivity index is 1.71. The van der Waals surface area contributed by atoms with Gasteiger partial charge in [0.25, 0.3) is 0 Å². The molecular weight excluding hydrogens is 281 g/mol. The van der Waals surface area contributed by atoms with E-state index >= 15 is 0 Å². The zero-order chi connectivity index (χ0) is 15.4. The van der Waals surface area contributed by atoms with E-state index < -0.39 is 5.97 Å². The third-order valence-electron chi connectivity index (χ3n) is 3.29. The smallest absolute Gasteiger partial charge is 0.363 e. The Morgan fingerprint density at radius 3 is 2.64 bits per heavy atom. The summed E-state index contributed by atoms with van der Waals surface area (Å²) >= 11 is 0. The van der Waals surface area contributed by atoms with Crippen molar-refractivity contribution in [1.29, 1.82) is 0 Å². The number of nitrogens with zero attached hydrogens (tertiary/aromatic N) is 1. The van der Waals surface area contributed by atoms with Gasteiger partial charge in [-0.25, -0.2) is 14.2 Å². The number of carbonyl (C=O) groups is 1. The van der Waals surface area contributed by atoms with E-state index in [9.17, 15) is 9.18 Å². The van der Waals surface area contributed by atoms with Gasteiger partial charge in [0, 0.05) is 6.42 Å². The normalized spacial score (nSPS) is 15.8. The van der Waals surface area contributed by atoms with Gasteiger partial charge in [0.05, 0.1) is 0 Å². The molecule has 0 radical (unpaired) electrons. The number of benzene rings is 2. The van der Waals surface area contributed by atoms with Gasteiger partial charge >= 0.3 is 5.97 Å². The first kappa shape index (κ1) is 14.2. The molecule has 0 fully saturated rings. The van der Waals surface area contributed by atoms with Crippen molar-refractivity contribution in [3.8, 4) is 0 Å². The Bertz CT molecular complexity index is 751. The van der Waals surface area contributed by atoms with Crippen LogP contribution >= 0.6 is 0 Å². The summed E-state index contributed by atoms with van der Waals surface area (Å²) in [6.07, 6.45) is 2.83. The molecule has 0 unspecified atom stereocenters. The van der Waals surface area contributed by atoms with Crippen molar-refractivity contribution in [1.82, 2.24) is 0 Å². The zero-order valence-electron chi connectivity index (χ0n) is 11.8. The number of ether oxygens (including phenoxy) is 1. The third-order valence-corrected chi connectivity index (χ3v) is 3.29. The summed E-state index contributed by atoms with van der Waals surface area (Å²) in [5.41, 5.74) is 1.94. The van der Waals surface area contributed by atoms with Gasteiger partial charge in [0.15, 0.2) is 11.6 Å². The van der Waals surface area contributed by atoms with E-state index in [0.717, 1.165) is 12.0 Å². The molecule has 3 nitrogen and oxygen atoms in total. The minimum Gasteiger partial charge on any atom is -0.407 e. The first-order valence-corrected chi connectivity index (χ1v) is 7.02. The second kappa shape index (κ2) is 6.35. The molecule has 0 saturated carbocycles. The molecule has 3 rings (SSSR count). The molecule has 0 atom stereocenters. The minimum atomic E-state index is -0.493. The van der Waals surface area contributed by atoms with Gasteiger partial charge in [-0.05, 0) is 35.8 Å². The van der Waals surface area contributed by atoms with Gasteiger partial charge in [-0.1, -0.05) is 42.5 Å². The molecule has 1 heterocycles. The Labute approximate surface area is 127 Å². The van der Waals surface area contributed by atoms with Gasteiger partial charge in [-0.15, -0.1) is 0 Å². The molecular formula is C18H14FNO2. The van der Waals surface area contributed by atoms with Crippen molar-refractivity contribution in [3.63, 3.8) is 0 Å². The Hall–Kier alpha value is -2.75. The largest absolute Gasteiger partial charge is 0.407 e. The number of carbonyl (C=O) groups excluding carboxylic acids is 1. The predicted molar refractivity (Wildman–Crippen MR) is 82.7 cm³/mol. The number of hydrogen-bond acceptors (Lipinski definition) is 3. The van der Waals surface area contributed by atoms with Crippen LogP contribution in [0.25, 0.3) is 6.08 Å². The number of cyclic esters (lactones) is 1. The maximum atomic E-state index is 13.1. The van der Waals surface area contributed by atoms with Crippen molar-refractivity contribution in [2.75, 3.05) is 0 Å². The van der Waals surface area contributed by atoms with Gasteiger partial charge in [-0.3, -0.25) is 0 Å². The standard InChI is InChI=1S/C18H14FNO2/c19-15-8-4-7-14(11-15)12-16-18(21)22-17(20-16)10-9-13-5-2-1-3-6-13/h1-8,11-12H,9-10H2/b16-12+. The van der Waals surface area contributed by atoms with Gasteiger partial charge in [-0.2, -0.15) is 0 Å². The molecule has 0 N–H and O–H groups in total. The van der Waals surface area contributed by atoms with Crippen molar-refractivity contribution >= 4 is 17.9 Å². The lowest BCUT2D eigenvalue weighted by Gasteiger charge is -1.99. The molecule has 0 aliphatic carbocycles. The lowest BCUT2D eigenvalue weighted by atomic mass is 10.1. The van der Waals surface area contributed by atoms with Crippen molar-refractivity contribution < 1.29 is 13.9 Å². The monoisotopic (exact) mass is 295 g/mol. The van der Waals surface area contributed by atoms with Gasteiger partial charge < -0.3 is 4.74 Å². The van der Waals surface area contributed by atoms with Gasteiger partial charge in [0.1, 0.15) is 5.82 Å². The SMILES string of the molecule is O=C1OC(CCc2ccccc2)=N/C1=C/c1cccc(F)c1. The fourth-order valence-corrected chi connectivity index (χ4v) is 2.21. The molecule has 1 aliphatic rings. The molecule has 2 aromatic carbocycles.